The topological polar surface area (TPSA) is 70.4 Å². The van der Waals surface area contributed by atoms with Crippen molar-refractivity contribution in [3.8, 4) is 17.0 Å². The predicted octanol–water partition coefficient (Wildman–Crippen LogP) is 7.09. The minimum absolute atomic E-state index is 0.0955. The average Bonchev–Trinajstić information content (AvgIpc) is 3.21. The normalized spacial score (nSPS) is 15.6. The second-order valence-corrected chi connectivity index (χ2v) is 10.2. The fourth-order valence-electron chi connectivity index (χ4n) is 6.01. The van der Waals surface area contributed by atoms with E-state index in [1.165, 1.54) is 24.8 Å². The summed E-state index contributed by atoms with van der Waals surface area (Å²) >= 11 is 0. The first-order valence-electron chi connectivity index (χ1n) is 13.7. The van der Waals surface area contributed by atoms with Gasteiger partial charge in [-0.15, -0.1) is 0 Å². The largest absolute Gasteiger partial charge is 0.489 e. The van der Waals surface area contributed by atoms with Crippen LogP contribution in [-0.2, 0) is 17.9 Å². The van der Waals surface area contributed by atoms with Gasteiger partial charge in [0, 0.05) is 29.5 Å². The van der Waals surface area contributed by atoms with Gasteiger partial charge in [-0.2, -0.15) is 0 Å². The Hall–Kier alpha value is -3.93. The van der Waals surface area contributed by atoms with Gasteiger partial charge < -0.3 is 14.0 Å². The van der Waals surface area contributed by atoms with Gasteiger partial charge in [-0.25, -0.2) is 9.78 Å². The fraction of sp³-hybridized carbons (Fsp3) is 0.344. The van der Waals surface area contributed by atoms with Crippen molar-refractivity contribution in [1.82, 2.24) is 9.55 Å². The summed E-state index contributed by atoms with van der Waals surface area (Å²) in [6, 6.07) is 19.7. The molecule has 1 aliphatic heterocycles. The summed E-state index contributed by atoms with van der Waals surface area (Å²) < 4.78 is 13.5. The lowest BCUT2D eigenvalue weighted by Crippen LogP contribution is -2.08. The monoisotopic (exact) mass is 508 g/mol. The van der Waals surface area contributed by atoms with Gasteiger partial charge in [0.25, 0.3) is 0 Å². The molecule has 6 heteroatoms. The Morgan fingerprint density at radius 2 is 1.82 bits per heavy atom. The highest BCUT2D eigenvalue weighted by molar-refractivity contribution is 6.06. The maximum absolute atomic E-state index is 13.4. The number of Topliss-reactive ketones (excluding diaryl/α,β-unsaturated/α-hetero) is 1. The average molecular weight is 509 g/mol. The zero-order valence-electron chi connectivity index (χ0n) is 21.7. The van der Waals surface area contributed by atoms with Crippen LogP contribution in [-0.4, -0.2) is 27.9 Å². The summed E-state index contributed by atoms with van der Waals surface area (Å²) in [5.74, 6) is 0.757. The second kappa shape index (κ2) is 10.4. The first-order valence-corrected chi connectivity index (χ1v) is 13.7. The van der Waals surface area contributed by atoms with Crippen molar-refractivity contribution < 1.29 is 19.1 Å². The van der Waals surface area contributed by atoms with E-state index in [2.05, 4.69) is 4.57 Å². The molecule has 4 aromatic rings. The third-order valence-electron chi connectivity index (χ3n) is 7.80. The maximum atomic E-state index is 13.4. The Balaban J connectivity index is 1.48. The van der Waals surface area contributed by atoms with E-state index < -0.39 is 5.97 Å². The molecule has 6 rings (SSSR count). The SMILES string of the molecule is CCOC(=O)c1ccc2c(C3CCCCC3)c3n(c2n1)CCC(=O)c1cc(OCc2ccccc2)ccc1-3. The van der Waals surface area contributed by atoms with Crippen LogP contribution in [0.4, 0.5) is 0 Å². The second-order valence-electron chi connectivity index (χ2n) is 10.2. The molecule has 1 aliphatic carbocycles. The molecule has 0 amide bonds. The third-order valence-corrected chi connectivity index (χ3v) is 7.80. The lowest BCUT2D eigenvalue weighted by Gasteiger charge is -2.23. The van der Waals surface area contributed by atoms with Crippen LogP contribution < -0.4 is 4.74 Å². The molecule has 0 saturated heterocycles. The highest BCUT2D eigenvalue weighted by Gasteiger charge is 2.31. The molecule has 0 radical (unpaired) electrons. The number of pyridine rings is 1. The molecular weight excluding hydrogens is 476 g/mol. The molecule has 2 aliphatic rings. The smallest absolute Gasteiger partial charge is 0.356 e. The van der Waals surface area contributed by atoms with Gasteiger partial charge in [0.1, 0.15) is 18.0 Å². The minimum Gasteiger partial charge on any atom is -0.489 e. The van der Waals surface area contributed by atoms with E-state index in [0.717, 1.165) is 40.7 Å². The van der Waals surface area contributed by atoms with Crippen LogP contribution in [0.3, 0.4) is 0 Å². The Morgan fingerprint density at radius 3 is 2.61 bits per heavy atom. The highest BCUT2D eigenvalue weighted by atomic mass is 16.5. The molecule has 2 aromatic carbocycles. The Morgan fingerprint density at radius 1 is 1.00 bits per heavy atom. The van der Waals surface area contributed by atoms with E-state index in [0.29, 0.717) is 49.1 Å². The van der Waals surface area contributed by atoms with E-state index in [1.807, 2.05) is 54.6 Å². The highest BCUT2D eigenvalue weighted by Crippen LogP contribution is 2.46. The van der Waals surface area contributed by atoms with Crippen molar-refractivity contribution in [2.75, 3.05) is 6.61 Å². The summed E-state index contributed by atoms with van der Waals surface area (Å²) in [5.41, 5.74) is 6.09. The van der Waals surface area contributed by atoms with Crippen molar-refractivity contribution in [1.29, 1.82) is 0 Å². The van der Waals surface area contributed by atoms with Crippen LogP contribution in [0.2, 0.25) is 0 Å². The molecule has 0 N–H and O–H groups in total. The number of carbonyl (C=O) groups is 2. The van der Waals surface area contributed by atoms with E-state index in [-0.39, 0.29) is 5.78 Å². The molecule has 0 atom stereocenters. The number of rotatable bonds is 6. The summed E-state index contributed by atoms with van der Waals surface area (Å²) in [7, 11) is 0. The summed E-state index contributed by atoms with van der Waals surface area (Å²) in [4.78, 5) is 30.7. The van der Waals surface area contributed by atoms with Gasteiger partial charge in [0.15, 0.2) is 11.5 Å². The molecule has 38 heavy (non-hydrogen) atoms. The Kier molecular flexibility index (Phi) is 6.71. The molecule has 3 heterocycles. The lowest BCUT2D eigenvalue weighted by molar-refractivity contribution is 0.0519. The molecular formula is C32H32N2O4. The van der Waals surface area contributed by atoms with Crippen LogP contribution >= 0.6 is 0 Å². The van der Waals surface area contributed by atoms with Crippen molar-refractivity contribution in [2.45, 2.75) is 64.5 Å². The van der Waals surface area contributed by atoms with Gasteiger partial charge in [-0.1, -0.05) is 49.6 Å². The number of hydrogen-bond acceptors (Lipinski definition) is 5. The summed E-state index contributed by atoms with van der Waals surface area (Å²) in [5, 5.41) is 1.07. The Labute approximate surface area is 222 Å². The van der Waals surface area contributed by atoms with Crippen molar-refractivity contribution in [2.24, 2.45) is 0 Å². The first kappa shape index (κ1) is 24.4. The minimum atomic E-state index is -0.422. The number of ketones is 1. The standard InChI is InChI=1S/C32H32N2O4/c1-2-37-32(36)27-16-15-25-29(22-11-7-4-8-12-22)30-24-14-13-23(38-20-21-9-5-3-6-10-21)19-26(24)28(35)17-18-34(30)31(25)33-27/h3,5-6,9-10,13-16,19,22H,2,4,7-8,11-12,17-18,20H2,1H3. The van der Waals surface area contributed by atoms with E-state index in [9.17, 15) is 9.59 Å². The van der Waals surface area contributed by atoms with Gasteiger partial charge in [-0.3, -0.25) is 4.79 Å². The van der Waals surface area contributed by atoms with E-state index in [1.54, 1.807) is 13.0 Å². The number of aromatic nitrogens is 2. The van der Waals surface area contributed by atoms with Crippen LogP contribution in [0.15, 0.2) is 60.7 Å². The molecule has 1 saturated carbocycles. The van der Waals surface area contributed by atoms with Gasteiger partial charge in [0.05, 0.1) is 12.3 Å². The number of nitrogens with zero attached hydrogens (tertiary/aromatic N) is 2. The number of esters is 1. The number of fused-ring (bicyclic) bond motifs is 5. The van der Waals surface area contributed by atoms with Crippen molar-refractivity contribution in [3.05, 3.63) is 83.0 Å². The van der Waals surface area contributed by atoms with Crippen molar-refractivity contribution >= 4 is 22.8 Å². The lowest BCUT2D eigenvalue weighted by atomic mass is 9.81. The van der Waals surface area contributed by atoms with Crippen molar-refractivity contribution in [3.63, 3.8) is 0 Å². The molecule has 6 nitrogen and oxygen atoms in total. The van der Waals surface area contributed by atoms with E-state index >= 15 is 0 Å². The fourth-order valence-corrected chi connectivity index (χ4v) is 6.01. The number of benzene rings is 2. The third kappa shape index (κ3) is 4.49. The molecule has 194 valence electrons. The van der Waals surface area contributed by atoms with Crippen LogP contribution in [0.5, 0.6) is 5.75 Å². The number of hydrogen-bond donors (Lipinski definition) is 0. The Bertz CT molecular complexity index is 1500. The molecule has 0 bridgehead atoms. The zero-order valence-corrected chi connectivity index (χ0v) is 21.7. The first-order chi connectivity index (χ1) is 18.6. The number of carbonyl (C=O) groups excluding carboxylic acids is 2. The van der Waals surface area contributed by atoms with Crippen LogP contribution in [0.25, 0.3) is 22.3 Å². The van der Waals surface area contributed by atoms with Gasteiger partial charge in [0.2, 0.25) is 0 Å². The maximum Gasteiger partial charge on any atom is 0.356 e. The molecule has 0 unspecified atom stereocenters. The zero-order chi connectivity index (χ0) is 26.1. The predicted molar refractivity (Wildman–Crippen MR) is 147 cm³/mol. The van der Waals surface area contributed by atoms with Gasteiger partial charge >= 0.3 is 5.97 Å². The molecule has 1 fully saturated rings. The van der Waals surface area contributed by atoms with E-state index in [4.69, 9.17) is 14.5 Å². The van der Waals surface area contributed by atoms with Gasteiger partial charge in [-0.05, 0) is 67.1 Å². The molecule has 0 spiro atoms. The van der Waals surface area contributed by atoms with Crippen LogP contribution in [0.1, 0.15) is 83.3 Å². The molecule has 2 aromatic heterocycles. The number of aryl methyl sites for hydroxylation is 1. The summed E-state index contributed by atoms with van der Waals surface area (Å²) in [6.45, 7) is 3.06. The number of ether oxygens (including phenoxy) is 2. The summed E-state index contributed by atoms with van der Waals surface area (Å²) in [6.07, 6.45) is 6.25. The van der Waals surface area contributed by atoms with Crippen LogP contribution in [0, 0.1) is 0 Å². The quantitative estimate of drug-likeness (QED) is 0.260.